The Kier molecular flexibility index (Phi) is 5.91. The minimum atomic E-state index is -0.399. The van der Waals surface area contributed by atoms with Crippen LogP contribution in [0.5, 0.6) is 0 Å². The molecule has 0 bridgehead atoms. The van der Waals surface area contributed by atoms with Crippen LogP contribution in [0.25, 0.3) is 28.2 Å². The molecular formula is C29H23N3O2. The first-order chi connectivity index (χ1) is 16.7. The molecule has 34 heavy (non-hydrogen) atoms. The minimum Gasteiger partial charge on any atom is -0.459 e. The van der Waals surface area contributed by atoms with Gasteiger partial charge in [0.05, 0.1) is 23.9 Å². The van der Waals surface area contributed by atoms with Crippen LogP contribution in [-0.4, -0.2) is 16.7 Å². The second-order valence-corrected chi connectivity index (χ2v) is 7.91. The van der Waals surface area contributed by atoms with Gasteiger partial charge in [-0.15, -0.1) is 0 Å². The second-order valence-electron chi connectivity index (χ2n) is 7.91. The summed E-state index contributed by atoms with van der Waals surface area (Å²) in [5.41, 5.74) is 9.82. The Bertz CT molecular complexity index is 1420. The smallest absolute Gasteiger partial charge is 0.307 e. The number of nitrogens with zero attached hydrogens (tertiary/aromatic N) is 2. The lowest BCUT2D eigenvalue weighted by atomic mass is 10.1. The van der Waals surface area contributed by atoms with Crippen LogP contribution in [0.1, 0.15) is 21.7 Å². The Hall–Kier alpha value is -4.64. The Balaban J connectivity index is 1.67. The first-order valence-corrected chi connectivity index (χ1v) is 11.0. The van der Waals surface area contributed by atoms with Crippen molar-refractivity contribution in [2.24, 2.45) is 5.10 Å². The van der Waals surface area contributed by atoms with E-state index in [9.17, 15) is 4.79 Å². The predicted molar refractivity (Wildman–Crippen MR) is 135 cm³/mol. The topological polar surface area (TPSA) is 59.5 Å². The van der Waals surface area contributed by atoms with E-state index in [1.54, 1.807) is 18.3 Å². The zero-order chi connectivity index (χ0) is 23.3. The van der Waals surface area contributed by atoms with Gasteiger partial charge in [-0.25, -0.2) is 5.43 Å². The summed E-state index contributed by atoms with van der Waals surface area (Å²) in [6.45, 7) is 2.08. The van der Waals surface area contributed by atoms with E-state index in [0.29, 0.717) is 0 Å². The van der Waals surface area contributed by atoms with Gasteiger partial charge in [0.25, 0.3) is 0 Å². The summed E-state index contributed by atoms with van der Waals surface area (Å²) in [4.78, 5) is 12.3. The highest BCUT2D eigenvalue weighted by molar-refractivity contribution is 5.95. The maximum absolute atomic E-state index is 12.3. The third-order valence-electron chi connectivity index (χ3n) is 5.55. The average Bonchev–Trinajstić information content (AvgIpc) is 3.54. The third-order valence-corrected chi connectivity index (χ3v) is 5.55. The van der Waals surface area contributed by atoms with Gasteiger partial charge in [-0.3, -0.25) is 4.79 Å². The molecule has 5 rings (SSSR count). The van der Waals surface area contributed by atoms with Gasteiger partial charge in [-0.2, -0.15) is 5.10 Å². The van der Waals surface area contributed by atoms with E-state index in [1.165, 1.54) is 11.8 Å². The zero-order valence-corrected chi connectivity index (χ0v) is 18.7. The molecule has 5 aromatic rings. The highest BCUT2D eigenvalue weighted by Gasteiger charge is 2.18. The molecule has 0 spiro atoms. The molecule has 0 saturated carbocycles. The van der Waals surface area contributed by atoms with Crippen molar-refractivity contribution in [1.82, 2.24) is 9.99 Å². The van der Waals surface area contributed by atoms with E-state index in [-0.39, 0.29) is 5.76 Å². The number of carbonyl (C=O) groups excluding carboxylic acids is 1. The van der Waals surface area contributed by atoms with Gasteiger partial charge < -0.3 is 8.98 Å². The number of hydrogen-bond acceptors (Lipinski definition) is 3. The molecule has 1 N–H and O–H groups in total. The highest BCUT2D eigenvalue weighted by atomic mass is 16.3. The normalized spacial score (nSPS) is 11.1. The summed E-state index contributed by atoms with van der Waals surface area (Å²) >= 11 is 0. The summed E-state index contributed by atoms with van der Waals surface area (Å²) in [6, 6.07) is 34.3. The summed E-state index contributed by atoms with van der Waals surface area (Å²) in [6.07, 6.45) is 3.14. The zero-order valence-electron chi connectivity index (χ0n) is 18.7. The maximum atomic E-state index is 12.3. The standard InChI is InChI=1S/C29H23N3O2/c1-21-14-16-25(17-15-21)32-26(22-9-4-2-5-10-22)19-24(28(32)23-11-6-3-7-12-23)20-30-31-29(33)27-13-8-18-34-27/h2-20H,1H3,(H,31,33)/b30-20-. The lowest BCUT2D eigenvalue weighted by Gasteiger charge is -2.15. The van der Waals surface area contributed by atoms with E-state index in [2.05, 4.69) is 76.6 Å². The molecule has 0 fully saturated rings. The molecule has 0 unspecified atom stereocenters. The fraction of sp³-hybridized carbons (Fsp3) is 0.0345. The summed E-state index contributed by atoms with van der Waals surface area (Å²) in [5.74, 6) is -0.189. The van der Waals surface area contributed by atoms with Crippen molar-refractivity contribution in [3.63, 3.8) is 0 Å². The van der Waals surface area contributed by atoms with Crippen molar-refractivity contribution < 1.29 is 9.21 Å². The molecule has 1 amide bonds. The van der Waals surface area contributed by atoms with Gasteiger partial charge in [-0.1, -0.05) is 78.4 Å². The number of nitrogens with one attached hydrogen (secondary N) is 1. The predicted octanol–water partition coefficient (Wildman–Crippen LogP) is 6.48. The van der Waals surface area contributed by atoms with Crippen molar-refractivity contribution in [3.8, 4) is 28.2 Å². The van der Waals surface area contributed by atoms with Crippen LogP contribution in [0, 0.1) is 6.92 Å². The van der Waals surface area contributed by atoms with Crippen LogP contribution >= 0.6 is 0 Å². The van der Waals surface area contributed by atoms with Crippen LogP contribution in [0.4, 0.5) is 0 Å². The quantitative estimate of drug-likeness (QED) is 0.240. The number of aromatic nitrogens is 1. The molecule has 0 radical (unpaired) electrons. The average molecular weight is 446 g/mol. The molecule has 0 saturated heterocycles. The molecule has 5 nitrogen and oxygen atoms in total. The van der Waals surface area contributed by atoms with E-state index in [1.807, 2.05) is 36.4 Å². The Morgan fingerprint density at radius 1 is 0.853 bits per heavy atom. The number of furan rings is 1. The maximum Gasteiger partial charge on any atom is 0.307 e. The summed E-state index contributed by atoms with van der Waals surface area (Å²) < 4.78 is 7.39. The largest absolute Gasteiger partial charge is 0.459 e. The van der Waals surface area contributed by atoms with Crippen LogP contribution in [-0.2, 0) is 0 Å². The molecular weight excluding hydrogens is 422 g/mol. The molecule has 0 aliphatic rings. The van der Waals surface area contributed by atoms with E-state index in [0.717, 1.165) is 33.8 Å². The van der Waals surface area contributed by atoms with Gasteiger partial charge in [0.15, 0.2) is 5.76 Å². The first-order valence-electron chi connectivity index (χ1n) is 11.0. The SMILES string of the molecule is Cc1ccc(-n2c(-c3ccccc3)cc(/C=N\NC(=O)c3ccco3)c2-c2ccccc2)cc1. The molecule has 2 heterocycles. The second kappa shape index (κ2) is 9.46. The first kappa shape index (κ1) is 21.2. The number of carbonyl (C=O) groups is 1. The number of benzene rings is 3. The Labute approximate surface area is 198 Å². The molecule has 0 atom stereocenters. The third kappa shape index (κ3) is 4.32. The van der Waals surface area contributed by atoms with Crippen molar-refractivity contribution in [2.75, 3.05) is 0 Å². The van der Waals surface area contributed by atoms with Gasteiger partial charge in [0, 0.05) is 11.3 Å². The monoisotopic (exact) mass is 445 g/mol. The van der Waals surface area contributed by atoms with Gasteiger partial charge in [-0.05, 0) is 48.4 Å². The van der Waals surface area contributed by atoms with Crippen LogP contribution in [0.2, 0.25) is 0 Å². The fourth-order valence-corrected chi connectivity index (χ4v) is 3.93. The molecule has 0 aliphatic carbocycles. The lowest BCUT2D eigenvalue weighted by molar-refractivity contribution is 0.0927. The van der Waals surface area contributed by atoms with Crippen molar-refractivity contribution in [3.05, 3.63) is 126 Å². The van der Waals surface area contributed by atoms with E-state index >= 15 is 0 Å². The lowest BCUT2D eigenvalue weighted by Crippen LogP contribution is -2.16. The fourth-order valence-electron chi connectivity index (χ4n) is 3.93. The van der Waals surface area contributed by atoms with Crippen molar-refractivity contribution >= 4 is 12.1 Å². The number of rotatable bonds is 6. The van der Waals surface area contributed by atoms with Crippen molar-refractivity contribution in [1.29, 1.82) is 0 Å². The molecule has 5 heteroatoms. The van der Waals surface area contributed by atoms with Gasteiger partial charge in [0.1, 0.15) is 0 Å². The van der Waals surface area contributed by atoms with E-state index < -0.39 is 5.91 Å². The van der Waals surface area contributed by atoms with Crippen LogP contribution in [0.15, 0.2) is 119 Å². The Morgan fingerprint density at radius 2 is 1.53 bits per heavy atom. The number of aryl methyl sites for hydroxylation is 1. The van der Waals surface area contributed by atoms with Gasteiger partial charge in [0.2, 0.25) is 0 Å². The Morgan fingerprint density at radius 3 is 2.18 bits per heavy atom. The van der Waals surface area contributed by atoms with Crippen LogP contribution in [0.3, 0.4) is 0 Å². The molecule has 2 aromatic heterocycles. The molecule has 3 aromatic carbocycles. The number of amides is 1. The molecule has 0 aliphatic heterocycles. The van der Waals surface area contributed by atoms with Gasteiger partial charge >= 0.3 is 5.91 Å². The number of hydrazone groups is 1. The summed E-state index contributed by atoms with van der Waals surface area (Å²) in [5, 5.41) is 4.24. The van der Waals surface area contributed by atoms with E-state index in [4.69, 9.17) is 4.42 Å². The number of hydrogen-bond donors (Lipinski definition) is 1. The minimum absolute atomic E-state index is 0.211. The van der Waals surface area contributed by atoms with Crippen LogP contribution < -0.4 is 5.43 Å². The summed E-state index contributed by atoms with van der Waals surface area (Å²) in [7, 11) is 0. The molecule has 166 valence electrons. The highest BCUT2D eigenvalue weighted by Crippen LogP contribution is 2.35. The van der Waals surface area contributed by atoms with Crippen molar-refractivity contribution in [2.45, 2.75) is 6.92 Å².